The maximum Gasteiger partial charge on any atom is 0.335 e. The van der Waals surface area contributed by atoms with Crippen molar-refractivity contribution in [2.75, 3.05) is 18.8 Å². The van der Waals surface area contributed by atoms with Crippen molar-refractivity contribution in [3.63, 3.8) is 0 Å². The number of benzene rings is 1. The molecule has 21 heavy (non-hydrogen) atoms. The first-order valence-electron chi connectivity index (χ1n) is 6.46. The summed E-state index contributed by atoms with van der Waals surface area (Å²) >= 11 is 1.33. The fourth-order valence-corrected chi connectivity index (χ4v) is 2.59. The molecule has 5 heteroatoms. The molecule has 1 aromatic rings. The predicted octanol–water partition coefficient (Wildman–Crippen LogP) is 2.99. The molecule has 0 saturated heterocycles. The predicted molar refractivity (Wildman–Crippen MR) is 85.8 cm³/mol. The van der Waals surface area contributed by atoms with Crippen molar-refractivity contribution in [3.05, 3.63) is 54.6 Å². The van der Waals surface area contributed by atoms with Gasteiger partial charge in [0, 0.05) is 18.0 Å². The Hall–Kier alpha value is -2.01. The number of rotatable bonds is 8. The molecule has 1 aromatic carbocycles. The quantitative estimate of drug-likeness (QED) is 0.592. The number of thioether (sulfide) groups is 1. The molecule has 0 aliphatic heterocycles. The van der Waals surface area contributed by atoms with Gasteiger partial charge in [0.1, 0.15) is 0 Å². The van der Waals surface area contributed by atoms with Gasteiger partial charge in [0.15, 0.2) is 0 Å². The van der Waals surface area contributed by atoms with E-state index in [1.54, 1.807) is 36.1 Å². The Bertz CT molecular complexity index is 544. The lowest BCUT2D eigenvalue weighted by molar-refractivity contribution is -0.127. The molecule has 0 spiro atoms. The number of aryl methyl sites for hydroxylation is 1. The molecular weight excluding hydrogens is 286 g/mol. The van der Waals surface area contributed by atoms with Gasteiger partial charge in [0.2, 0.25) is 5.91 Å². The number of aromatic carboxylic acids is 1. The summed E-state index contributed by atoms with van der Waals surface area (Å²) in [6.45, 7) is 9.94. The van der Waals surface area contributed by atoms with Gasteiger partial charge in [-0.25, -0.2) is 4.79 Å². The normalized spacial score (nSPS) is 9.95. The van der Waals surface area contributed by atoms with E-state index in [-0.39, 0.29) is 17.2 Å². The molecular formula is C16H19NO3S. The van der Waals surface area contributed by atoms with Crippen molar-refractivity contribution < 1.29 is 14.7 Å². The monoisotopic (exact) mass is 305 g/mol. The van der Waals surface area contributed by atoms with Crippen LogP contribution in [0.25, 0.3) is 0 Å². The lowest BCUT2D eigenvalue weighted by Gasteiger charge is -2.19. The highest BCUT2D eigenvalue weighted by atomic mass is 32.2. The minimum atomic E-state index is -0.957. The van der Waals surface area contributed by atoms with Crippen molar-refractivity contribution in [1.82, 2.24) is 4.90 Å². The summed E-state index contributed by atoms with van der Waals surface area (Å²) in [6, 6.07) is 5.17. The van der Waals surface area contributed by atoms with Gasteiger partial charge in [0.05, 0.1) is 11.3 Å². The molecule has 112 valence electrons. The van der Waals surface area contributed by atoms with Crippen LogP contribution in [0.5, 0.6) is 0 Å². The highest BCUT2D eigenvalue weighted by Crippen LogP contribution is 2.22. The fourth-order valence-electron chi connectivity index (χ4n) is 1.75. The largest absolute Gasteiger partial charge is 0.478 e. The second kappa shape index (κ2) is 8.32. The van der Waals surface area contributed by atoms with E-state index in [2.05, 4.69) is 13.2 Å². The van der Waals surface area contributed by atoms with Gasteiger partial charge in [-0.3, -0.25) is 4.79 Å². The number of carbonyl (C=O) groups is 2. The molecule has 0 aromatic heterocycles. The maximum absolute atomic E-state index is 12.1. The van der Waals surface area contributed by atoms with Gasteiger partial charge >= 0.3 is 5.97 Å². The van der Waals surface area contributed by atoms with Crippen molar-refractivity contribution >= 4 is 23.6 Å². The number of carboxylic acid groups (broad SMARTS) is 1. The number of hydrogen-bond donors (Lipinski definition) is 1. The van der Waals surface area contributed by atoms with Gasteiger partial charge < -0.3 is 10.0 Å². The van der Waals surface area contributed by atoms with E-state index >= 15 is 0 Å². The van der Waals surface area contributed by atoms with Gasteiger partial charge in [-0.05, 0) is 24.6 Å². The summed E-state index contributed by atoms with van der Waals surface area (Å²) in [7, 11) is 0. The number of nitrogens with zero attached hydrogens (tertiary/aromatic N) is 1. The number of carbonyl (C=O) groups excluding carboxylic acids is 1. The average molecular weight is 305 g/mol. The van der Waals surface area contributed by atoms with Gasteiger partial charge in [0.25, 0.3) is 0 Å². The van der Waals surface area contributed by atoms with Crippen molar-refractivity contribution in [2.45, 2.75) is 11.8 Å². The summed E-state index contributed by atoms with van der Waals surface area (Å²) in [6.07, 6.45) is 3.33. The zero-order valence-corrected chi connectivity index (χ0v) is 12.9. The molecule has 0 atom stereocenters. The lowest BCUT2D eigenvalue weighted by Crippen LogP contribution is -2.32. The summed E-state index contributed by atoms with van der Waals surface area (Å²) in [5, 5.41) is 9.09. The van der Waals surface area contributed by atoms with E-state index in [0.717, 1.165) is 4.90 Å². The van der Waals surface area contributed by atoms with Crippen LogP contribution in [0.2, 0.25) is 0 Å². The molecule has 0 bridgehead atoms. The molecule has 1 N–H and O–H groups in total. The molecule has 0 radical (unpaired) electrons. The third-order valence-corrected chi connectivity index (χ3v) is 3.83. The summed E-state index contributed by atoms with van der Waals surface area (Å²) < 4.78 is 0. The van der Waals surface area contributed by atoms with Crippen LogP contribution in [0.3, 0.4) is 0 Å². The summed E-state index contributed by atoms with van der Waals surface area (Å²) in [5.74, 6) is -0.734. The van der Waals surface area contributed by atoms with Gasteiger partial charge in [-0.2, -0.15) is 0 Å². The Morgan fingerprint density at radius 2 is 1.90 bits per heavy atom. The van der Waals surface area contributed by atoms with Crippen LogP contribution in [0.1, 0.15) is 15.9 Å². The molecule has 0 saturated carbocycles. The van der Waals surface area contributed by atoms with Crippen LogP contribution in [0.4, 0.5) is 0 Å². The molecule has 0 heterocycles. The van der Waals surface area contributed by atoms with E-state index in [1.807, 2.05) is 6.07 Å². The number of amides is 1. The van der Waals surface area contributed by atoms with Crippen LogP contribution >= 0.6 is 11.8 Å². The van der Waals surface area contributed by atoms with Crippen LogP contribution in [-0.4, -0.2) is 40.7 Å². The second-order valence-electron chi connectivity index (χ2n) is 4.45. The van der Waals surface area contributed by atoms with Crippen LogP contribution in [-0.2, 0) is 4.79 Å². The minimum absolute atomic E-state index is 0.0303. The van der Waals surface area contributed by atoms with E-state index in [9.17, 15) is 9.59 Å². The Labute approximate surface area is 129 Å². The highest BCUT2D eigenvalue weighted by molar-refractivity contribution is 8.00. The van der Waals surface area contributed by atoms with E-state index in [1.165, 1.54) is 11.8 Å². The second-order valence-corrected chi connectivity index (χ2v) is 5.50. The van der Waals surface area contributed by atoms with Crippen molar-refractivity contribution in [2.24, 2.45) is 0 Å². The van der Waals surface area contributed by atoms with Crippen molar-refractivity contribution in [1.29, 1.82) is 0 Å². The van der Waals surface area contributed by atoms with Crippen molar-refractivity contribution in [3.8, 4) is 0 Å². The third kappa shape index (κ3) is 5.11. The molecule has 0 aliphatic rings. The molecule has 1 rings (SSSR count). The molecule has 0 unspecified atom stereocenters. The average Bonchev–Trinajstić information content (AvgIpc) is 2.45. The van der Waals surface area contributed by atoms with E-state index in [4.69, 9.17) is 5.11 Å². The maximum atomic E-state index is 12.1. The van der Waals surface area contributed by atoms with Crippen LogP contribution < -0.4 is 0 Å². The number of hydrogen-bond acceptors (Lipinski definition) is 3. The van der Waals surface area contributed by atoms with Gasteiger partial charge in [-0.15, -0.1) is 24.9 Å². The molecule has 1 amide bonds. The standard InChI is InChI=1S/C16H19NO3S/c1-4-8-17(9-5-2)15(18)11-21-13-7-6-12(3)14(10-13)16(19)20/h4-7,10H,1-2,8-9,11H2,3H3,(H,19,20). The third-order valence-electron chi connectivity index (χ3n) is 2.85. The zero-order chi connectivity index (χ0) is 15.8. The Morgan fingerprint density at radius 1 is 1.29 bits per heavy atom. The fraction of sp³-hybridized carbons (Fsp3) is 0.250. The first-order valence-corrected chi connectivity index (χ1v) is 7.44. The topological polar surface area (TPSA) is 57.6 Å². The number of carboxylic acids is 1. The molecule has 0 aliphatic carbocycles. The minimum Gasteiger partial charge on any atom is -0.478 e. The first kappa shape index (κ1) is 17.0. The Balaban J connectivity index is 2.72. The van der Waals surface area contributed by atoms with E-state index in [0.29, 0.717) is 18.7 Å². The summed E-state index contributed by atoms with van der Waals surface area (Å²) in [5.41, 5.74) is 0.972. The first-order chi connectivity index (χ1) is 9.99. The smallest absolute Gasteiger partial charge is 0.335 e. The van der Waals surface area contributed by atoms with Crippen LogP contribution in [0.15, 0.2) is 48.4 Å². The van der Waals surface area contributed by atoms with E-state index < -0.39 is 5.97 Å². The van der Waals surface area contributed by atoms with Gasteiger partial charge in [-0.1, -0.05) is 18.2 Å². The van der Waals surface area contributed by atoms with Crippen LogP contribution in [0, 0.1) is 6.92 Å². The zero-order valence-electron chi connectivity index (χ0n) is 12.0. The highest BCUT2D eigenvalue weighted by Gasteiger charge is 2.12. The Morgan fingerprint density at radius 3 is 2.43 bits per heavy atom. The Kier molecular flexibility index (Phi) is 6.75. The SMILES string of the molecule is C=CCN(CC=C)C(=O)CSc1ccc(C)c(C(=O)O)c1. The molecule has 4 nitrogen and oxygen atoms in total. The molecule has 0 fully saturated rings. The lowest BCUT2D eigenvalue weighted by atomic mass is 10.1. The summed E-state index contributed by atoms with van der Waals surface area (Å²) in [4.78, 5) is 25.6.